The third-order valence-corrected chi connectivity index (χ3v) is 7.64. The Bertz CT molecular complexity index is 1130. The molecule has 5 nitrogen and oxygen atoms in total. The fourth-order valence-corrected chi connectivity index (χ4v) is 5.21. The van der Waals surface area contributed by atoms with E-state index in [2.05, 4.69) is 40.6 Å². The summed E-state index contributed by atoms with van der Waals surface area (Å²) in [6.07, 6.45) is 3.54. The lowest BCUT2D eigenvalue weighted by molar-refractivity contribution is -0.159. The van der Waals surface area contributed by atoms with Crippen molar-refractivity contribution in [2.75, 3.05) is 6.61 Å². The van der Waals surface area contributed by atoms with Crippen LogP contribution in [0.4, 0.5) is 0 Å². The van der Waals surface area contributed by atoms with E-state index < -0.39 is 22.8 Å². The molecule has 0 N–H and O–H groups in total. The van der Waals surface area contributed by atoms with Crippen molar-refractivity contribution >= 4 is 39.0 Å². The fraction of sp³-hybridized carbons (Fsp3) is 0.417. The van der Waals surface area contributed by atoms with Crippen LogP contribution in [0.3, 0.4) is 0 Å². The molecule has 1 unspecified atom stereocenters. The third-order valence-electron chi connectivity index (χ3n) is 5.18. The van der Waals surface area contributed by atoms with Crippen molar-refractivity contribution in [3.05, 3.63) is 53.0 Å². The van der Waals surface area contributed by atoms with Gasteiger partial charge in [0.15, 0.2) is 5.79 Å². The second-order valence-corrected chi connectivity index (χ2v) is 12.4. The van der Waals surface area contributed by atoms with Crippen LogP contribution >= 0.6 is 11.3 Å². The third kappa shape index (κ3) is 4.71. The summed E-state index contributed by atoms with van der Waals surface area (Å²) >= 11 is 0.350. The Morgan fingerprint density at radius 1 is 1.19 bits per heavy atom. The Kier molecular flexibility index (Phi) is 5.77. The van der Waals surface area contributed by atoms with Crippen molar-refractivity contribution in [2.45, 2.75) is 57.7 Å². The molecule has 7 heteroatoms. The minimum atomic E-state index is -1.28. The highest BCUT2D eigenvalue weighted by Gasteiger charge is 2.43. The van der Waals surface area contributed by atoms with Crippen LogP contribution in [0.5, 0.6) is 0 Å². The Balaban J connectivity index is 1.69. The fourth-order valence-electron chi connectivity index (χ4n) is 3.57. The molecule has 3 heterocycles. The number of ether oxygens (including phenoxy) is 2. The Morgan fingerprint density at radius 3 is 2.65 bits per heavy atom. The molecule has 0 amide bonds. The first-order valence-corrected chi connectivity index (χ1v) is 12.2. The molecule has 3 aromatic rings. The van der Waals surface area contributed by atoms with Gasteiger partial charge in [-0.15, -0.1) is 11.3 Å². The van der Waals surface area contributed by atoms with Gasteiger partial charge in [0.2, 0.25) is 0 Å². The zero-order valence-electron chi connectivity index (χ0n) is 18.8. The monoisotopic (exact) mass is 456 g/mol. The second kappa shape index (κ2) is 7.98. The average Bonchev–Trinajstić information content (AvgIpc) is 3.25. The molecule has 31 heavy (non-hydrogen) atoms. The summed E-state index contributed by atoms with van der Waals surface area (Å²) in [7, 11) is 0. The Labute approximate surface area is 190 Å². The molecule has 1 aromatic carbocycles. The number of rotatable bonds is 4. The van der Waals surface area contributed by atoms with Gasteiger partial charge in [0.1, 0.15) is 21.7 Å². The molecule has 1 fully saturated rings. The molecular weight excluding hydrogens is 428 g/mol. The summed E-state index contributed by atoms with van der Waals surface area (Å²) in [6, 6.07) is 12.3. The van der Waals surface area contributed by atoms with E-state index in [1.807, 2.05) is 52.9 Å². The minimum absolute atomic E-state index is 0.376. The first-order valence-electron chi connectivity index (χ1n) is 10.3. The largest absolute Gasteiger partial charge is 0.591 e. The van der Waals surface area contributed by atoms with E-state index in [0.29, 0.717) is 6.61 Å². The maximum Gasteiger partial charge on any atom is 0.164 e. The lowest BCUT2D eigenvalue weighted by Crippen LogP contribution is -2.28. The number of benzene rings is 1. The van der Waals surface area contributed by atoms with Crippen LogP contribution in [0.25, 0.3) is 21.3 Å². The summed E-state index contributed by atoms with van der Waals surface area (Å²) in [5, 5.41) is 1.12. The van der Waals surface area contributed by atoms with E-state index in [1.54, 1.807) is 17.6 Å². The van der Waals surface area contributed by atoms with Gasteiger partial charge in [0.05, 0.1) is 23.4 Å². The predicted molar refractivity (Wildman–Crippen MR) is 129 cm³/mol. The highest BCUT2D eigenvalue weighted by atomic mass is 32.2. The Morgan fingerprint density at radius 2 is 1.97 bits per heavy atom. The molecule has 0 spiro atoms. The summed E-state index contributed by atoms with van der Waals surface area (Å²) in [4.78, 5) is 5.61. The number of fused-ring (bicyclic) bond motifs is 1. The van der Waals surface area contributed by atoms with Gasteiger partial charge < -0.3 is 14.0 Å². The van der Waals surface area contributed by atoms with Crippen LogP contribution in [-0.2, 0) is 26.4 Å². The van der Waals surface area contributed by atoms with Gasteiger partial charge in [-0.05, 0) is 70.7 Å². The molecule has 2 aromatic heterocycles. The van der Waals surface area contributed by atoms with Gasteiger partial charge in [-0.3, -0.25) is 4.98 Å². The predicted octanol–water partition coefficient (Wildman–Crippen LogP) is 5.84. The zero-order valence-corrected chi connectivity index (χ0v) is 20.4. The SMILES string of the molecule is CC1(C)OC[C@@](C)(c2ccnc(-c3cccc4cc(/C=N/[S+]([O-])C(C)(C)C)sc34)c2)O1. The minimum Gasteiger partial charge on any atom is -0.591 e. The summed E-state index contributed by atoms with van der Waals surface area (Å²) in [5.41, 5.74) is 2.47. The van der Waals surface area contributed by atoms with Crippen molar-refractivity contribution in [3.63, 3.8) is 0 Å². The van der Waals surface area contributed by atoms with Crippen molar-refractivity contribution < 1.29 is 14.0 Å². The van der Waals surface area contributed by atoms with Gasteiger partial charge in [0, 0.05) is 16.5 Å². The highest BCUT2D eigenvalue weighted by Crippen LogP contribution is 2.40. The highest BCUT2D eigenvalue weighted by molar-refractivity contribution is 7.91. The van der Waals surface area contributed by atoms with Crippen molar-refractivity contribution in [2.24, 2.45) is 4.40 Å². The molecule has 0 radical (unpaired) electrons. The van der Waals surface area contributed by atoms with Crippen LogP contribution in [0, 0.1) is 0 Å². The lowest BCUT2D eigenvalue weighted by atomic mass is 9.96. The van der Waals surface area contributed by atoms with E-state index in [-0.39, 0.29) is 4.75 Å². The zero-order chi connectivity index (χ0) is 22.4. The van der Waals surface area contributed by atoms with Gasteiger partial charge in [-0.1, -0.05) is 22.6 Å². The summed E-state index contributed by atoms with van der Waals surface area (Å²) in [6.45, 7) is 12.2. The van der Waals surface area contributed by atoms with Crippen LogP contribution in [-0.4, -0.2) is 32.9 Å². The number of aromatic nitrogens is 1. The van der Waals surface area contributed by atoms with Gasteiger partial charge in [0.25, 0.3) is 0 Å². The molecule has 0 aliphatic carbocycles. The normalized spacial score (nSPS) is 22.4. The van der Waals surface area contributed by atoms with E-state index >= 15 is 0 Å². The number of hydrogen-bond donors (Lipinski definition) is 0. The standard InChI is InChI=1S/C24H28N2O3S2/c1-22(2,3)31(27)26-14-18-12-16-8-7-9-19(21(16)30-18)20-13-17(10-11-25-20)24(6)15-28-23(4,5)29-24/h7-14H,15H2,1-6H3/b26-14+/t24-,31?/m0/s1. The molecule has 0 bridgehead atoms. The molecule has 1 aliphatic rings. The van der Waals surface area contributed by atoms with Crippen LogP contribution in [0.1, 0.15) is 52.0 Å². The molecule has 2 atom stereocenters. The molecule has 1 aliphatic heterocycles. The molecule has 0 saturated carbocycles. The van der Waals surface area contributed by atoms with E-state index in [9.17, 15) is 4.55 Å². The molecule has 1 saturated heterocycles. The summed E-state index contributed by atoms with van der Waals surface area (Å²) < 4.78 is 29.3. The van der Waals surface area contributed by atoms with E-state index in [1.165, 1.54) is 0 Å². The number of thiophene rings is 1. The molecular formula is C24H28N2O3S2. The lowest BCUT2D eigenvalue weighted by Gasteiger charge is -2.25. The van der Waals surface area contributed by atoms with Gasteiger partial charge in [-0.25, -0.2) is 0 Å². The van der Waals surface area contributed by atoms with Crippen molar-refractivity contribution in [3.8, 4) is 11.3 Å². The van der Waals surface area contributed by atoms with Crippen molar-refractivity contribution in [1.29, 1.82) is 0 Å². The Hall–Kier alpha value is -1.77. The van der Waals surface area contributed by atoms with Gasteiger partial charge in [-0.2, -0.15) is 0 Å². The van der Waals surface area contributed by atoms with Gasteiger partial charge >= 0.3 is 0 Å². The first kappa shape index (κ1) is 22.4. The second-order valence-electron chi connectivity index (χ2n) is 9.42. The molecule has 4 rings (SSSR count). The van der Waals surface area contributed by atoms with Crippen LogP contribution < -0.4 is 0 Å². The topological polar surface area (TPSA) is 66.8 Å². The van der Waals surface area contributed by atoms with Crippen LogP contribution in [0.2, 0.25) is 0 Å². The average molecular weight is 457 g/mol. The van der Waals surface area contributed by atoms with E-state index in [0.717, 1.165) is 31.8 Å². The van der Waals surface area contributed by atoms with Crippen LogP contribution in [0.15, 0.2) is 47.0 Å². The summed E-state index contributed by atoms with van der Waals surface area (Å²) in [5.74, 6) is -0.604. The smallest absolute Gasteiger partial charge is 0.164 e. The van der Waals surface area contributed by atoms with E-state index in [4.69, 9.17) is 9.47 Å². The number of nitrogens with zero attached hydrogens (tertiary/aromatic N) is 2. The molecule has 164 valence electrons. The number of pyridine rings is 1. The first-order chi connectivity index (χ1) is 14.5. The maximum atomic E-state index is 12.3. The van der Waals surface area contributed by atoms with Crippen molar-refractivity contribution in [1.82, 2.24) is 4.98 Å². The maximum absolute atomic E-state index is 12.3. The number of hydrogen-bond acceptors (Lipinski definition) is 6. The quantitative estimate of drug-likeness (QED) is 0.365.